The number of aromatic nitrogens is 3. The van der Waals surface area contributed by atoms with Gasteiger partial charge in [-0.1, -0.05) is 5.21 Å². The van der Waals surface area contributed by atoms with Gasteiger partial charge in [-0.2, -0.15) is 13.2 Å². The molecular weight excluding hydrogens is 215 g/mol. The number of nitrogens with zero attached hydrogens (tertiary/aromatic N) is 3. The first-order valence-electron chi connectivity index (χ1n) is 4.10. The third-order valence-electron chi connectivity index (χ3n) is 1.73. The van der Waals surface area contributed by atoms with Gasteiger partial charge in [-0.05, 0) is 0 Å². The van der Waals surface area contributed by atoms with Crippen molar-refractivity contribution in [2.24, 2.45) is 0 Å². The van der Waals surface area contributed by atoms with E-state index in [1.807, 2.05) is 0 Å². The molecule has 0 saturated heterocycles. The molecule has 0 unspecified atom stereocenters. The molecule has 0 atom stereocenters. The second-order valence-corrected chi connectivity index (χ2v) is 2.76. The van der Waals surface area contributed by atoms with E-state index in [1.54, 1.807) is 0 Å². The molecule has 0 spiro atoms. The van der Waals surface area contributed by atoms with Gasteiger partial charge in [0.05, 0.1) is 19.8 Å². The topological polar surface area (TPSA) is 60.2 Å². The number of alkyl halides is 3. The minimum atomic E-state index is -4.57. The summed E-state index contributed by atoms with van der Waals surface area (Å²) in [6, 6.07) is 0. The van der Waals surface area contributed by atoms with Crippen LogP contribution in [0, 0.1) is 0 Å². The smallest absolute Gasteiger partial charge is 0.390 e. The lowest BCUT2D eigenvalue weighted by Gasteiger charge is -2.09. The molecule has 1 rings (SSSR count). The highest BCUT2D eigenvalue weighted by molar-refractivity contribution is 5.12. The van der Waals surface area contributed by atoms with Crippen LogP contribution in [-0.2, 0) is 24.1 Å². The number of rotatable bonds is 4. The number of aliphatic hydroxyl groups excluding tert-OH is 1. The maximum atomic E-state index is 12.5. The Kier molecular flexibility index (Phi) is 3.64. The Bertz CT molecular complexity index is 324. The summed E-state index contributed by atoms with van der Waals surface area (Å²) >= 11 is 0. The molecule has 0 saturated carbocycles. The van der Waals surface area contributed by atoms with Crippen LogP contribution in [0.1, 0.15) is 11.4 Å². The van der Waals surface area contributed by atoms with Crippen molar-refractivity contribution < 1.29 is 23.0 Å². The number of hydrogen-bond donors (Lipinski definition) is 1. The molecule has 0 radical (unpaired) electrons. The highest BCUT2D eigenvalue weighted by Crippen LogP contribution is 2.30. The molecule has 0 fully saturated rings. The Morgan fingerprint density at radius 3 is 2.60 bits per heavy atom. The fraction of sp³-hybridized carbons (Fsp3) is 0.714. The van der Waals surface area contributed by atoms with Crippen molar-refractivity contribution in [3.63, 3.8) is 0 Å². The molecule has 1 aromatic rings. The van der Waals surface area contributed by atoms with E-state index in [-0.39, 0.29) is 13.2 Å². The molecule has 0 aliphatic rings. The van der Waals surface area contributed by atoms with Gasteiger partial charge in [-0.25, -0.2) is 4.68 Å². The number of ether oxygens (including phenoxy) is 1. The number of aliphatic hydroxyl groups is 1. The molecule has 0 aromatic carbocycles. The lowest BCUT2D eigenvalue weighted by Crippen LogP contribution is -2.18. The van der Waals surface area contributed by atoms with Crippen molar-refractivity contribution in [2.75, 3.05) is 13.7 Å². The first-order chi connectivity index (χ1) is 7.00. The normalized spacial score (nSPS) is 12.1. The van der Waals surface area contributed by atoms with E-state index in [0.717, 1.165) is 0 Å². The van der Waals surface area contributed by atoms with Crippen LogP contribution in [0.2, 0.25) is 0 Å². The summed E-state index contributed by atoms with van der Waals surface area (Å²) in [4.78, 5) is 0. The van der Waals surface area contributed by atoms with Gasteiger partial charge in [0.1, 0.15) is 5.69 Å². The fourth-order valence-corrected chi connectivity index (χ4v) is 1.10. The maximum Gasteiger partial charge on any atom is 0.435 e. The van der Waals surface area contributed by atoms with Crippen LogP contribution in [0.25, 0.3) is 0 Å². The summed E-state index contributed by atoms with van der Waals surface area (Å²) in [5.74, 6) is 0. The second-order valence-electron chi connectivity index (χ2n) is 2.76. The summed E-state index contributed by atoms with van der Waals surface area (Å²) in [5, 5.41) is 15.2. The van der Waals surface area contributed by atoms with Crippen LogP contribution in [0.15, 0.2) is 0 Å². The summed E-state index contributed by atoms with van der Waals surface area (Å²) < 4.78 is 42.8. The van der Waals surface area contributed by atoms with Gasteiger partial charge >= 0.3 is 6.18 Å². The predicted octanol–water partition coefficient (Wildman–Crippen LogP) is 0.436. The molecule has 86 valence electrons. The van der Waals surface area contributed by atoms with Gasteiger partial charge in [0.15, 0.2) is 5.69 Å². The van der Waals surface area contributed by atoms with E-state index in [4.69, 9.17) is 5.11 Å². The molecule has 15 heavy (non-hydrogen) atoms. The van der Waals surface area contributed by atoms with E-state index in [0.29, 0.717) is 4.68 Å². The van der Waals surface area contributed by atoms with E-state index in [1.165, 1.54) is 7.11 Å². The van der Waals surface area contributed by atoms with Gasteiger partial charge in [0.2, 0.25) is 0 Å². The molecule has 5 nitrogen and oxygen atoms in total. The second kappa shape index (κ2) is 4.58. The minimum absolute atomic E-state index is 0.0572. The van der Waals surface area contributed by atoms with Crippen molar-refractivity contribution in [3.05, 3.63) is 11.4 Å². The van der Waals surface area contributed by atoms with E-state index < -0.39 is 24.2 Å². The zero-order chi connectivity index (χ0) is 11.5. The van der Waals surface area contributed by atoms with Crippen molar-refractivity contribution >= 4 is 0 Å². The molecule has 0 aliphatic heterocycles. The van der Waals surface area contributed by atoms with E-state index in [9.17, 15) is 13.2 Å². The molecule has 8 heteroatoms. The largest absolute Gasteiger partial charge is 0.435 e. The Morgan fingerprint density at radius 2 is 2.13 bits per heavy atom. The summed E-state index contributed by atoms with van der Waals surface area (Å²) in [7, 11) is 1.37. The van der Waals surface area contributed by atoms with Gasteiger partial charge in [0, 0.05) is 7.11 Å². The number of methoxy groups -OCH3 is 1. The molecular formula is C7H10F3N3O2. The van der Waals surface area contributed by atoms with Crippen LogP contribution in [-0.4, -0.2) is 33.8 Å². The average Bonchev–Trinajstić information content (AvgIpc) is 2.56. The molecule has 1 N–H and O–H groups in total. The third kappa shape index (κ3) is 2.66. The lowest BCUT2D eigenvalue weighted by molar-refractivity contribution is -0.145. The van der Waals surface area contributed by atoms with Crippen LogP contribution < -0.4 is 0 Å². The van der Waals surface area contributed by atoms with E-state index >= 15 is 0 Å². The van der Waals surface area contributed by atoms with Crippen molar-refractivity contribution in [1.29, 1.82) is 0 Å². The predicted molar refractivity (Wildman–Crippen MR) is 42.8 cm³/mol. The molecule has 0 amide bonds. The maximum absolute atomic E-state index is 12.5. The van der Waals surface area contributed by atoms with Crippen molar-refractivity contribution in [2.45, 2.75) is 19.3 Å². The minimum Gasteiger partial charge on any atom is -0.390 e. The summed E-state index contributed by atoms with van der Waals surface area (Å²) in [6.07, 6.45) is -4.57. The Hall–Kier alpha value is -1.15. The molecule has 1 heterocycles. The third-order valence-corrected chi connectivity index (χ3v) is 1.73. The zero-order valence-corrected chi connectivity index (χ0v) is 7.95. The SMILES string of the molecule is COCCn1nnc(CO)c1C(F)(F)F. The average molecular weight is 225 g/mol. The van der Waals surface area contributed by atoms with Gasteiger partial charge in [0.25, 0.3) is 0 Å². The van der Waals surface area contributed by atoms with Crippen LogP contribution in [0.4, 0.5) is 13.2 Å². The molecule has 0 bridgehead atoms. The Balaban J connectivity index is 3.01. The lowest BCUT2D eigenvalue weighted by atomic mass is 10.3. The standard InChI is InChI=1S/C7H10F3N3O2/c1-15-3-2-13-6(7(8,9)10)5(4-14)11-12-13/h14H,2-4H2,1H3. The highest BCUT2D eigenvalue weighted by Gasteiger charge is 2.38. The first-order valence-corrected chi connectivity index (χ1v) is 4.10. The zero-order valence-electron chi connectivity index (χ0n) is 7.95. The first kappa shape index (κ1) is 11.9. The van der Waals surface area contributed by atoms with Crippen LogP contribution in [0.3, 0.4) is 0 Å². The van der Waals surface area contributed by atoms with Crippen molar-refractivity contribution in [1.82, 2.24) is 15.0 Å². The van der Waals surface area contributed by atoms with Crippen molar-refractivity contribution in [3.8, 4) is 0 Å². The van der Waals surface area contributed by atoms with Gasteiger partial charge < -0.3 is 9.84 Å². The van der Waals surface area contributed by atoms with Gasteiger partial charge in [-0.3, -0.25) is 0 Å². The molecule has 1 aromatic heterocycles. The number of hydrogen-bond acceptors (Lipinski definition) is 4. The monoisotopic (exact) mass is 225 g/mol. The number of halogens is 3. The van der Waals surface area contributed by atoms with E-state index in [2.05, 4.69) is 15.0 Å². The quantitative estimate of drug-likeness (QED) is 0.807. The fourth-order valence-electron chi connectivity index (χ4n) is 1.10. The summed E-state index contributed by atoms with van der Waals surface area (Å²) in [6.45, 7) is -0.753. The Labute approximate surface area is 83.5 Å². The Morgan fingerprint density at radius 1 is 1.47 bits per heavy atom. The highest BCUT2D eigenvalue weighted by atomic mass is 19.4. The summed E-state index contributed by atoms with van der Waals surface area (Å²) in [5.41, 5.74) is -1.50. The van der Waals surface area contributed by atoms with Crippen LogP contribution >= 0.6 is 0 Å². The van der Waals surface area contributed by atoms with Gasteiger partial charge in [-0.15, -0.1) is 5.10 Å². The van der Waals surface area contributed by atoms with Crippen LogP contribution in [0.5, 0.6) is 0 Å². The molecule has 0 aliphatic carbocycles.